The van der Waals surface area contributed by atoms with Crippen LogP contribution in [0.5, 0.6) is 0 Å². The minimum atomic E-state index is -0.669. The zero-order valence-electron chi connectivity index (χ0n) is 10.8. The number of hydrogen-bond acceptors (Lipinski definition) is 4. The van der Waals surface area contributed by atoms with Crippen LogP contribution in [0.25, 0.3) is 0 Å². The standard InChI is InChI=1S/C13H14N2O4/c1-3-4-7-14-11-9(12(16)13(14)17)6-5-8(2)10(11)15(18)19/h5-6H,3-4,7H2,1-2H3. The van der Waals surface area contributed by atoms with E-state index in [1.807, 2.05) is 6.92 Å². The molecule has 0 fully saturated rings. The first-order chi connectivity index (χ1) is 8.99. The quantitative estimate of drug-likeness (QED) is 0.473. The van der Waals surface area contributed by atoms with Gasteiger partial charge in [0.15, 0.2) is 0 Å². The predicted octanol–water partition coefficient (Wildman–Crippen LogP) is 2.23. The highest BCUT2D eigenvalue weighted by Crippen LogP contribution is 2.39. The molecule has 0 bridgehead atoms. The Labute approximate surface area is 110 Å². The lowest BCUT2D eigenvalue weighted by Gasteiger charge is -2.16. The van der Waals surface area contributed by atoms with Crippen LogP contribution in [0.1, 0.15) is 35.7 Å². The second kappa shape index (κ2) is 4.79. The highest BCUT2D eigenvalue weighted by atomic mass is 16.6. The molecule has 1 aliphatic heterocycles. The van der Waals surface area contributed by atoms with Gasteiger partial charge in [-0.3, -0.25) is 24.6 Å². The van der Waals surface area contributed by atoms with E-state index < -0.39 is 16.6 Å². The fourth-order valence-corrected chi connectivity index (χ4v) is 2.24. The summed E-state index contributed by atoms with van der Waals surface area (Å²) in [6.45, 7) is 3.88. The number of benzene rings is 1. The molecule has 0 unspecified atom stereocenters. The summed E-state index contributed by atoms with van der Waals surface area (Å²) in [5.41, 5.74) is 0.604. The lowest BCUT2D eigenvalue weighted by atomic mass is 10.1. The number of unbranched alkanes of at least 4 members (excludes halogenated alkanes) is 1. The van der Waals surface area contributed by atoms with Crippen molar-refractivity contribution in [3.05, 3.63) is 33.4 Å². The van der Waals surface area contributed by atoms with Crippen molar-refractivity contribution in [2.75, 3.05) is 11.4 Å². The number of anilines is 1. The SMILES string of the molecule is CCCCN1C(=O)C(=O)c2ccc(C)c([N+](=O)[O-])c21. The molecule has 0 saturated carbocycles. The van der Waals surface area contributed by atoms with Gasteiger partial charge in [-0.25, -0.2) is 0 Å². The van der Waals surface area contributed by atoms with Crippen molar-refractivity contribution in [1.82, 2.24) is 0 Å². The number of rotatable bonds is 4. The van der Waals surface area contributed by atoms with Crippen LogP contribution in [0, 0.1) is 17.0 Å². The first-order valence-corrected chi connectivity index (χ1v) is 6.13. The van der Waals surface area contributed by atoms with Crippen molar-refractivity contribution in [3.63, 3.8) is 0 Å². The molecule has 6 nitrogen and oxygen atoms in total. The Hall–Kier alpha value is -2.24. The third-order valence-corrected chi connectivity index (χ3v) is 3.22. The smallest absolute Gasteiger partial charge is 0.299 e. The van der Waals surface area contributed by atoms with Gasteiger partial charge in [-0.05, 0) is 19.4 Å². The molecule has 1 aromatic rings. The molecule has 0 saturated heterocycles. The maximum absolute atomic E-state index is 11.9. The number of nitro groups is 1. The molecule has 1 aromatic carbocycles. The van der Waals surface area contributed by atoms with Gasteiger partial charge in [0, 0.05) is 12.1 Å². The largest absolute Gasteiger partial charge is 0.299 e. The Bertz CT molecular complexity index is 580. The van der Waals surface area contributed by atoms with E-state index in [9.17, 15) is 19.7 Å². The van der Waals surface area contributed by atoms with E-state index in [0.717, 1.165) is 6.42 Å². The molecule has 1 amide bonds. The van der Waals surface area contributed by atoms with E-state index in [1.165, 1.54) is 17.0 Å². The van der Waals surface area contributed by atoms with Crippen LogP contribution in [0.15, 0.2) is 12.1 Å². The Morgan fingerprint density at radius 1 is 1.32 bits per heavy atom. The number of fused-ring (bicyclic) bond motifs is 1. The molecule has 19 heavy (non-hydrogen) atoms. The topological polar surface area (TPSA) is 80.5 Å². The summed E-state index contributed by atoms with van der Waals surface area (Å²) >= 11 is 0. The fraction of sp³-hybridized carbons (Fsp3) is 0.385. The molecule has 0 spiro atoms. The number of ketones is 1. The average molecular weight is 262 g/mol. The minimum Gasteiger partial charge on any atom is -0.299 e. The fourth-order valence-electron chi connectivity index (χ4n) is 2.24. The van der Waals surface area contributed by atoms with Crippen LogP contribution in [-0.4, -0.2) is 23.2 Å². The Balaban J connectivity index is 2.61. The minimum absolute atomic E-state index is 0.137. The summed E-state index contributed by atoms with van der Waals surface area (Å²) in [6.07, 6.45) is 1.54. The molecule has 0 aromatic heterocycles. The third kappa shape index (κ3) is 1.99. The van der Waals surface area contributed by atoms with E-state index in [2.05, 4.69) is 0 Å². The number of nitrogens with zero attached hydrogens (tertiary/aromatic N) is 2. The molecule has 2 rings (SSSR count). The normalized spacial score (nSPS) is 13.9. The van der Waals surface area contributed by atoms with Gasteiger partial charge in [0.25, 0.3) is 17.4 Å². The number of aryl methyl sites for hydroxylation is 1. The van der Waals surface area contributed by atoms with Gasteiger partial charge in [0.05, 0.1) is 10.5 Å². The summed E-state index contributed by atoms with van der Waals surface area (Å²) < 4.78 is 0. The molecule has 100 valence electrons. The van der Waals surface area contributed by atoms with Crippen LogP contribution in [0.2, 0.25) is 0 Å². The van der Waals surface area contributed by atoms with Crippen LogP contribution >= 0.6 is 0 Å². The number of carbonyl (C=O) groups is 2. The summed E-state index contributed by atoms with van der Waals surface area (Å²) in [5, 5.41) is 11.2. The molecular weight excluding hydrogens is 248 g/mol. The van der Waals surface area contributed by atoms with Crippen LogP contribution < -0.4 is 4.90 Å². The predicted molar refractivity (Wildman–Crippen MR) is 69.4 cm³/mol. The van der Waals surface area contributed by atoms with Gasteiger partial charge in [-0.2, -0.15) is 0 Å². The second-order valence-electron chi connectivity index (χ2n) is 4.52. The van der Waals surface area contributed by atoms with Gasteiger partial charge in [-0.1, -0.05) is 19.4 Å². The maximum atomic E-state index is 11.9. The van der Waals surface area contributed by atoms with Crippen molar-refractivity contribution in [2.24, 2.45) is 0 Å². The first kappa shape index (κ1) is 13.2. The van der Waals surface area contributed by atoms with Crippen LogP contribution in [0.3, 0.4) is 0 Å². The number of nitro benzene ring substituents is 1. The van der Waals surface area contributed by atoms with Crippen LogP contribution in [0.4, 0.5) is 11.4 Å². The van der Waals surface area contributed by atoms with Crippen molar-refractivity contribution in [2.45, 2.75) is 26.7 Å². The molecule has 6 heteroatoms. The van der Waals surface area contributed by atoms with E-state index in [0.29, 0.717) is 18.5 Å². The Morgan fingerprint density at radius 3 is 2.58 bits per heavy atom. The lowest BCUT2D eigenvalue weighted by Crippen LogP contribution is -2.31. The van der Waals surface area contributed by atoms with Gasteiger partial charge in [0.2, 0.25) is 0 Å². The monoisotopic (exact) mass is 262 g/mol. The number of carbonyl (C=O) groups excluding carboxylic acids is 2. The third-order valence-electron chi connectivity index (χ3n) is 3.22. The molecule has 0 N–H and O–H groups in total. The molecule has 1 heterocycles. The number of amides is 1. The van der Waals surface area contributed by atoms with Gasteiger partial charge < -0.3 is 0 Å². The van der Waals surface area contributed by atoms with E-state index >= 15 is 0 Å². The van der Waals surface area contributed by atoms with Gasteiger partial charge >= 0.3 is 0 Å². The summed E-state index contributed by atoms with van der Waals surface area (Å²) in [7, 11) is 0. The lowest BCUT2D eigenvalue weighted by molar-refractivity contribution is -0.384. The second-order valence-corrected chi connectivity index (χ2v) is 4.52. The summed E-state index contributed by atoms with van der Waals surface area (Å²) in [5.74, 6) is -1.33. The van der Waals surface area contributed by atoms with Gasteiger partial charge in [0.1, 0.15) is 5.69 Å². The van der Waals surface area contributed by atoms with Crippen molar-refractivity contribution in [3.8, 4) is 0 Å². The Morgan fingerprint density at radius 2 is 2.00 bits per heavy atom. The molecule has 0 atom stereocenters. The van der Waals surface area contributed by atoms with Crippen molar-refractivity contribution in [1.29, 1.82) is 0 Å². The van der Waals surface area contributed by atoms with Crippen LogP contribution in [-0.2, 0) is 4.79 Å². The molecule has 0 radical (unpaired) electrons. The Kier molecular flexibility index (Phi) is 3.33. The first-order valence-electron chi connectivity index (χ1n) is 6.13. The summed E-state index contributed by atoms with van der Waals surface area (Å²) in [6, 6.07) is 3.00. The van der Waals surface area contributed by atoms with E-state index in [1.54, 1.807) is 6.92 Å². The maximum Gasteiger partial charge on any atom is 0.299 e. The van der Waals surface area contributed by atoms with E-state index in [-0.39, 0.29) is 16.9 Å². The van der Waals surface area contributed by atoms with Gasteiger partial charge in [-0.15, -0.1) is 0 Å². The average Bonchev–Trinajstić information content (AvgIpc) is 2.59. The van der Waals surface area contributed by atoms with Crippen molar-refractivity contribution < 1.29 is 14.5 Å². The number of hydrogen-bond donors (Lipinski definition) is 0. The highest BCUT2D eigenvalue weighted by molar-refractivity contribution is 6.52. The molecule has 1 aliphatic rings. The summed E-state index contributed by atoms with van der Waals surface area (Å²) in [4.78, 5) is 35.6. The zero-order chi connectivity index (χ0) is 14.2. The van der Waals surface area contributed by atoms with E-state index in [4.69, 9.17) is 0 Å². The molecular formula is C13H14N2O4. The highest BCUT2D eigenvalue weighted by Gasteiger charge is 2.41. The molecule has 0 aliphatic carbocycles. The van der Waals surface area contributed by atoms with Crippen molar-refractivity contribution >= 4 is 23.1 Å². The zero-order valence-corrected chi connectivity index (χ0v) is 10.8. The number of Topliss-reactive ketones (excluding diaryl/α,β-unsaturated/α-hetero) is 1.